The molecule has 2 aromatic rings. The fourth-order valence-electron chi connectivity index (χ4n) is 2.20. The Kier molecular flexibility index (Phi) is 6.08. The first kappa shape index (κ1) is 18.1. The molecule has 2 aromatic carbocycles. The minimum absolute atomic E-state index is 0.124. The first-order valence-corrected chi connectivity index (χ1v) is 8.89. The lowest BCUT2D eigenvalue weighted by Gasteiger charge is -2.23. The molecule has 2 rings (SSSR count). The average Bonchev–Trinajstić information content (AvgIpc) is 2.55. The molecule has 1 amide bonds. The third kappa shape index (κ3) is 4.89. The number of benzene rings is 2. The number of hydrogen-bond acceptors (Lipinski definition) is 4. The Balaban J connectivity index is 2.29. The van der Waals surface area contributed by atoms with E-state index in [2.05, 4.69) is 5.43 Å². The predicted octanol–water partition coefficient (Wildman–Crippen LogP) is 1.47. The Labute approximate surface area is 142 Å². The number of nitrogens with zero attached hydrogens (tertiary/aromatic N) is 2. The maximum absolute atomic E-state index is 12.9. The highest BCUT2D eigenvalue weighted by Gasteiger charge is 2.26. The van der Waals surface area contributed by atoms with Gasteiger partial charge in [0.2, 0.25) is 15.9 Å². The van der Waals surface area contributed by atoms with Crippen LogP contribution >= 0.6 is 0 Å². The first-order valence-electron chi connectivity index (χ1n) is 7.45. The lowest BCUT2D eigenvalue weighted by Crippen LogP contribution is -2.44. The largest absolute Gasteiger partial charge is 0.288 e. The summed E-state index contributed by atoms with van der Waals surface area (Å²) < 4.78 is 27.0. The maximum Gasteiger partial charge on any atom is 0.249 e. The highest BCUT2D eigenvalue weighted by Crippen LogP contribution is 2.18. The van der Waals surface area contributed by atoms with Crippen molar-refractivity contribution in [3.05, 3.63) is 66.2 Å². The number of sulfonamides is 1. The molecule has 0 heterocycles. The van der Waals surface area contributed by atoms with Gasteiger partial charge in [0, 0.05) is 20.6 Å². The molecule has 1 N–H and O–H groups in total. The van der Waals surface area contributed by atoms with E-state index >= 15 is 0 Å². The maximum atomic E-state index is 12.9. The van der Waals surface area contributed by atoms with Gasteiger partial charge in [-0.3, -0.25) is 10.2 Å². The molecular formula is C17H21N3O3S. The molecular weight excluding hydrogens is 326 g/mol. The van der Waals surface area contributed by atoms with Crippen molar-refractivity contribution in [2.45, 2.75) is 11.4 Å². The van der Waals surface area contributed by atoms with E-state index < -0.39 is 15.9 Å². The van der Waals surface area contributed by atoms with Crippen LogP contribution in [0.1, 0.15) is 5.56 Å². The minimum Gasteiger partial charge on any atom is -0.288 e. The fourth-order valence-corrected chi connectivity index (χ4v) is 3.60. The van der Waals surface area contributed by atoms with E-state index in [1.54, 1.807) is 32.3 Å². The number of hydrazine groups is 1. The second kappa shape index (κ2) is 8.05. The van der Waals surface area contributed by atoms with Crippen molar-refractivity contribution in [3.63, 3.8) is 0 Å². The van der Waals surface area contributed by atoms with E-state index in [9.17, 15) is 13.2 Å². The Morgan fingerprint density at radius 3 is 2.04 bits per heavy atom. The number of hydrogen-bond donors (Lipinski definition) is 1. The highest BCUT2D eigenvalue weighted by atomic mass is 32.2. The summed E-state index contributed by atoms with van der Waals surface area (Å²) in [6, 6.07) is 17.3. The van der Waals surface area contributed by atoms with Crippen LogP contribution in [-0.2, 0) is 21.4 Å². The van der Waals surface area contributed by atoms with E-state index in [4.69, 9.17) is 0 Å². The van der Waals surface area contributed by atoms with Crippen molar-refractivity contribution >= 4 is 15.9 Å². The van der Waals surface area contributed by atoms with Crippen molar-refractivity contribution in [1.29, 1.82) is 0 Å². The molecule has 0 aliphatic rings. The van der Waals surface area contributed by atoms with E-state index in [0.717, 1.165) is 5.56 Å². The SMILES string of the molecule is CN(C)NC(=O)CN(Cc1ccccc1)S(=O)(=O)c1ccccc1. The molecule has 0 radical (unpaired) electrons. The normalized spacial score (nSPS) is 11.7. The Morgan fingerprint density at radius 2 is 1.50 bits per heavy atom. The van der Waals surface area contributed by atoms with Crippen LogP contribution in [0, 0.1) is 0 Å². The van der Waals surface area contributed by atoms with E-state index in [0.29, 0.717) is 0 Å². The second-order valence-corrected chi connectivity index (χ2v) is 7.44. The zero-order chi connectivity index (χ0) is 17.6. The van der Waals surface area contributed by atoms with Crippen LogP contribution in [0.2, 0.25) is 0 Å². The van der Waals surface area contributed by atoms with Gasteiger partial charge in [-0.05, 0) is 17.7 Å². The van der Waals surface area contributed by atoms with E-state index in [1.807, 2.05) is 30.3 Å². The van der Waals surface area contributed by atoms with Crippen LogP contribution in [0.25, 0.3) is 0 Å². The fraction of sp³-hybridized carbons (Fsp3) is 0.235. The molecule has 24 heavy (non-hydrogen) atoms. The Bertz CT molecular complexity index is 762. The molecule has 0 atom stereocenters. The summed E-state index contributed by atoms with van der Waals surface area (Å²) in [4.78, 5) is 12.2. The van der Waals surface area contributed by atoms with Gasteiger partial charge in [-0.2, -0.15) is 4.31 Å². The summed E-state index contributed by atoms with van der Waals surface area (Å²) >= 11 is 0. The van der Waals surface area contributed by atoms with Gasteiger partial charge >= 0.3 is 0 Å². The number of rotatable bonds is 7. The van der Waals surface area contributed by atoms with Crippen LogP contribution < -0.4 is 5.43 Å². The lowest BCUT2D eigenvalue weighted by molar-refractivity contribution is -0.125. The number of carbonyl (C=O) groups is 1. The highest BCUT2D eigenvalue weighted by molar-refractivity contribution is 7.89. The molecule has 0 fully saturated rings. The summed E-state index contributed by atoms with van der Waals surface area (Å²) in [6.45, 7) is -0.136. The van der Waals surface area contributed by atoms with Crippen molar-refractivity contribution in [2.24, 2.45) is 0 Å². The predicted molar refractivity (Wildman–Crippen MR) is 92.3 cm³/mol. The molecule has 0 spiro atoms. The zero-order valence-electron chi connectivity index (χ0n) is 13.7. The van der Waals surface area contributed by atoms with Gasteiger partial charge in [-0.1, -0.05) is 48.5 Å². The van der Waals surface area contributed by atoms with Gasteiger partial charge < -0.3 is 0 Å². The number of amides is 1. The monoisotopic (exact) mass is 347 g/mol. The summed E-state index contributed by atoms with van der Waals surface area (Å²) in [6.07, 6.45) is 0. The van der Waals surface area contributed by atoms with Gasteiger partial charge in [0.05, 0.1) is 11.4 Å². The summed E-state index contributed by atoms with van der Waals surface area (Å²) in [5.74, 6) is -0.393. The van der Waals surface area contributed by atoms with E-state index in [1.165, 1.54) is 21.4 Å². The molecule has 0 saturated heterocycles. The molecule has 0 aromatic heterocycles. The van der Waals surface area contributed by atoms with Crippen LogP contribution in [0.5, 0.6) is 0 Å². The summed E-state index contributed by atoms with van der Waals surface area (Å²) in [5.41, 5.74) is 3.39. The minimum atomic E-state index is -3.78. The van der Waals surface area contributed by atoms with Crippen LogP contribution in [-0.4, -0.2) is 44.3 Å². The quantitative estimate of drug-likeness (QED) is 0.770. The standard InChI is InChI=1S/C17H21N3O3S/c1-19(2)18-17(21)14-20(13-15-9-5-3-6-10-15)24(22,23)16-11-7-4-8-12-16/h3-12H,13-14H2,1-2H3,(H,18,21). The van der Waals surface area contributed by atoms with Gasteiger partial charge in [-0.25, -0.2) is 13.4 Å². The average molecular weight is 347 g/mol. The third-order valence-electron chi connectivity index (χ3n) is 3.25. The topological polar surface area (TPSA) is 69.7 Å². The van der Waals surface area contributed by atoms with E-state index in [-0.39, 0.29) is 18.0 Å². The van der Waals surface area contributed by atoms with Gasteiger partial charge in [0.1, 0.15) is 0 Å². The molecule has 0 aliphatic carbocycles. The molecule has 7 heteroatoms. The number of nitrogens with one attached hydrogen (secondary N) is 1. The molecule has 0 unspecified atom stereocenters. The van der Waals surface area contributed by atoms with Gasteiger partial charge in [0.25, 0.3) is 0 Å². The van der Waals surface area contributed by atoms with Crippen LogP contribution in [0.3, 0.4) is 0 Å². The Hall–Kier alpha value is -2.22. The smallest absolute Gasteiger partial charge is 0.249 e. The summed E-state index contributed by atoms with van der Waals surface area (Å²) in [5, 5.41) is 1.48. The summed E-state index contributed by atoms with van der Waals surface area (Å²) in [7, 11) is -0.433. The van der Waals surface area contributed by atoms with Crippen molar-refractivity contribution in [3.8, 4) is 0 Å². The number of carbonyl (C=O) groups excluding carboxylic acids is 1. The Morgan fingerprint density at radius 1 is 0.958 bits per heavy atom. The van der Waals surface area contributed by atoms with Crippen molar-refractivity contribution < 1.29 is 13.2 Å². The zero-order valence-corrected chi connectivity index (χ0v) is 14.5. The first-order chi connectivity index (χ1) is 11.4. The molecule has 6 nitrogen and oxygen atoms in total. The lowest BCUT2D eigenvalue weighted by atomic mass is 10.2. The second-order valence-electron chi connectivity index (χ2n) is 5.50. The molecule has 0 saturated carbocycles. The van der Waals surface area contributed by atoms with Crippen LogP contribution in [0.4, 0.5) is 0 Å². The molecule has 0 bridgehead atoms. The molecule has 0 aliphatic heterocycles. The van der Waals surface area contributed by atoms with Crippen molar-refractivity contribution in [2.75, 3.05) is 20.6 Å². The van der Waals surface area contributed by atoms with Crippen molar-refractivity contribution in [1.82, 2.24) is 14.7 Å². The molecule has 128 valence electrons. The van der Waals surface area contributed by atoms with Gasteiger partial charge in [0.15, 0.2) is 0 Å². The van der Waals surface area contributed by atoms with Gasteiger partial charge in [-0.15, -0.1) is 0 Å². The van der Waals surface area contributed by atoms with Crippen LogP contribution in [0.15, 0.2) is 65.6 Å². The third-order valence-corrected chi connectivity index (χ3v) is 5.06.